The normalized spacial score (nSPS) is 18.7. The van der Waals surface area contributed by atoms with Crippen LogP contribution in [-0.2, 0) is 11.3 Å². The predicted molar refractivity (Wildman–Crippen MR) is 160 cm³/mol. The van der Waals surface area contributed by atoms with E-state index in [1.807, 2.05) is 17.0 Å². The third kappa shape index (κ3) is 6.34. The molecule has 0 unspecified atom stereocenters. The van der Waals surface area contributed by atoms with Crippen LogP contribution in [0.1, 0.15) is 19.8 Å². The number of amides is 1. The first kappa shape index (κ1) is 27.8. The van der Waals surface area contributed by atoms with Crippen LogP contribution in [0, 0.1) is 0 Å². The van der Waals surface area contributed by atoms with Crippen molar-refractivity contribution in [2.75, 3.05) is 69.6 Å². The lowest BCUT2D eigenvalue weighted by Crippen LogP contribution is -2.55. The van der Waals surface area contributed by atoms with Gasteiger partial charge in [-0.3, -0.25) is 19.1 Å². The lowest BCUT2D eigenvalue weighted by atomic mass is 10.1. The van der Waals surface area contributed by atoms with Crippen LogP contribution in [0.3, 0.4) is 0 Å². The summed E-state index contributed by atoms with van der Waals surface area (Å²) in [7, 11) is 2.16. The molecule has 0 spiro atoms. The maximum absolute atomic E-state index is 13.0. The quantitative estimate of drug-likeness (QED) is 0.412. The van der Waals surface area contributed by atoms with Crippen molar-refractivity contribution in [1.29, 1.82) is 0 Å². The molecule has 2 aliphatic heterocycles. The molecule has 1 N–H and O–H groups in total. The highest BCUT2D eigenvalue weighted by Gasteiger charge is 2.28. The van der Waals surface area contributed by atoms with Gasteiger partial charge in [0.25, 0.3) is 5.56 Å². The lowest BCUT2D eigenvalue weighted by molar-refractivity contribution is -0.129. The zero-order valence-corrected chi connectivity index (χ0v) is 23.6. The van der Waals surface area contributed by atoms with Crippen molar-refractivity contribution < 1.29 is 4.79 Å². The van der Waals surface area contributed by atoms with Crippen molar-refractivity contribution in [2.24, 2.45) is 0 Å². The standard InChI is InChI=1S/C30H40N8O2/c1-4-6-26-22-37(27(39)5-2)18-17-36(26)19-20-38-28(40)12-7-23-21-31-30(33-29(23)38)32-24-8-10-25(11-9-24)35-15-13-34(3)14-16-35/h5,7-12,21,26H,2,4,6,13-20,22H2,1,3H3,(H,31,32,33)/t26-/m0/s1. The number of carbonyl (C=O) groups is 1. The Bertz CT molecular complexity index is 1380. The average Bonchev–Trinajstić information content (AvgIpc) is 2.98. The molecule has 0 radical (unpaired) electrons. The van der Waals surface area contributed by atoms with Crippen molar-refractivity contribution in [2.45, 2.75) is 32.4 Å². The summed E-state index contributed by atoms with van der Waals surface area (Å²) in [4.78, 5) is 43.4. The number of aromatic nitrogens is 3. The number of carbonyl (C=O) groups excluding carboxylic acids is 1. The molecule has 10 nitrogen and oxygen atoms in total. The predicted octanol–water partition coefficient (Wildman–Crippen LogP) is 2.79. The molecule has 5 rings (SSSR count). The van der Waals surface area contributed by atoms with E-state index >= 15 is 0 Å². The number of rotatable bonds is 9. The maximum Gasteiger partial charge on any atom is 0.252 e. The summed E-state index contributed by atoms with van der Waals surface area (Å²) >= 11 is 0. The molecular weight excluding hydrogens is 504 g/mol. The largest absolute Gasteiger partial charge is 0.369 e. The first-order valence-electron chi connectivity index (χ1n) is 14.3. The second-order valence-corrected chi connectivity index (χ2v) is 10.7. The Kier molecular flexibility index (Phi) is 8.76. The Balaban J connectivity index is 1.29. The fraction of sp³-hybridized carbons (Fsp3) is 0.467. The Labute approximate surface area is 235 Å². The van der Waals surface area contributed by atoms with Crippen LogP contribution in [0.25, 0.3) is 11.0 Å². The fourth-order valence-corrected chi connectivity index (χ4v) is 5.65. The Morgan fingerprint density at radius 2 is 1.82 bits per heavy atom. The van der Waals surface area contributed by atoms with Gasteiger partial charge >= 0.3 is 0 Å². The molecule has 2 fully saturated rings. The monoisotopic (exact) mass is 544 g/mol. The number of hydrogen-bond acceptors (Lipinski definition) is 8. The van der Waals surface area contributed by atoms with Crippen LogP contribution < -0.4 is 15.8 Å². The van der Waals surface area contributed by atoms with E-state index in [2.05, 4.69) is 57.7 Å². The summed E-state index contributed by atoms with van der Waals surface area (Å²) in [5, 5.41) is 4.13. The van der Waals surface area contributed by atoms with Crippen LogP contribution in [0.15, 0.2) is 60.0 Å². The van der Waals surface area contributed by atoms with Gasteiger partial charge in [0.1, 0.15) is 5.65 Å². The molecule has 2 aliphatic rings. The highest BCUT2D eigenvalue weighted by molar-refractivity contribution is 5.87. The van der Waals surface area contributed by atoms with Gasteiger partial charge in [-0.1, -0.05) is 19.9 Å². The van der Waals surface area contributed by atoms with Gasteiger partial charge in [0.2, 0.25) is 11.9 Å². The number of pyridine rings is 1. The van der Waals surface area contributed by atoms with E-state index in [1.165, 1.54) is 11.8 Å². The summed E-state index contributed by atoms with van der Waals surface area (Å²) in [5.74, 6) is 0.441. The SMILES string of the molecule is C=CC(=O)N1CCN(CCn2c(=O)ccc3cnc(Nc4ccc(N5CCN(C)CC5)cc4)nc32)[C@@H](CCC)C1. The van der Waals surface area contributed by atoms with E-state index in [9.17, 15) is 9.59 Å². The minimum atomic E-state index is -0.0822. The highest BCUT2D eigenvalue weighted by atomic mass is 16.2. The molecule has 1 amide bonds. The summed E-state index contributed by atoms with van der Waals surface area (Å²) in [6, 6.07) is 12.0. The van der Waals surface area contributed by atoms with Crippen molar-refractivity contribution in [3.63, 3.8) is 0 Å². The van der Waals surface area contributed by atoms with Gasteiger partial charge in [-0.05, 0) is 49.9 Å². The van der Waals surface area contributed by atoms with E-state index in [0.717, 1.165) is 56.6 Å². The molecule has 10 heteroatoms. The van der Waals surface area contributed by atoms with E-state index < -0.39 is 0 Å². The minimum absolute atomic E-state index is 0.0169. The van der Waals surface area contributed by atoms with Crippen LogP contribution >= 0.6 is 0 Å². The molecule has 0 saturated carbocycles. The Morgan fingerprint density at radius 1 is 1.05 bits per heavy atom. The third-order valence-corrected chi connectivity index (χ3v) is 8.04. The molecule has 40 heavy (non-hydrogen) atoms. The number of fused-ring (bicyclic) bond motifs is 1. The summed E-state index contributed by atoms with van der Waals surface area (Å²) in [6.45, 7) is 13.3. The summed E-state index contributed by atoms with van der Waals surface area (Å²) in [5.41, 5.74) is 2.65. The van der Waals surface area contributed by atoms with Crippen LogP contribution in [-0.4, -0.2) is 101 Å². The van der Waals surface area contributed by atoms with E-state index in [0.29, 0.717) is 37.8 Å². The van der Waals surface area contributed by atoms with Crippen molar-refractivity contribution in [3.8, 4) is 0 Å². The zero-order chi connectivity index (χ0) is 28.1. The van der Waals surface area contributed by atoms with E-state index in [1.54, 1.807) is 22.9 Å². The second-order valence-electron chi connectivity index (χ2n) is 10.7. The fourth-order valence-electron chi connectivity index (χ4n) is 5.65. The van der Waals surface area contributed by atoms with Gasteiger partial charge in [0, 0.05) is 94.0 Å². The number of likely N-dealkylation sites (N-methyl/N-ethyl adjacent to an activating group) is 1. The van der Waals surface area contributed by atoms with Crippen LogP contribution in [0.2, 0.25) is 0 Å². The Hall–Kier alpha value is -3.76. The summed E-state index contributed by atoms with van der Waals surface area (Å²) in [6.07, 6.45) is 5.18. The summed E-state index contributed by atoms with van der Waals surface area (Å²) < 4.78 is 1.74. The molecule has 1 atom stereocenters. The second kappa shape index (κ2) is 12.6. The number of anilines is 3. The number of nitrogens with zero attached hydrogens (tertiary/aromatic N) is 7. The number of hydrogen-bond donors (Lipinski definition) is 1. The average molecular weight is 545 g/mol. The first-order chi connectivity index (χ1) is 19.4. The minimum Gasteiger partial charge on any atom is -0.369 e. The van der Waals surface area contributed by atoms with Gasteiger partial charge < -0.3 is 20.0 Å². The van der Waals surface area contributed by atoms with Gasteiger partial charge in [-0.2, -0.15) is 4.98 Å². The number of nitrogens with one attached hydrogen (secondary N) is 1. The molecule has 4 heterocycles. The smallest absolute Gasteiger partial charge is 0.252 e. The molecule has 3 aromatic rings. The maximum atomic E-state index is 13.0. The van der Waals surface area contributed by atoms with E-state index in [4.69, 9.17) is 4.98 Å². The number of piperazine rings is 2. The highest BCUT2D eigenvalue weighted by Crippen LogP contribution is 2.22. The molecule has 2 aromatic heterocycles. The van der Waals surface area contributed by atoms with Gasteiger partial charge in [0.15, 0.2) is 0 Å². The number of benzene rings is 1. The molecule has 1 aromatic carbocycles. The zero-order valence-electron chi connectivity index (χ0n) is 23.6. The van der Waals surface area contributed by atoms with Crippen LogP contribution in [0.5, 0.6) is 0 Å². The van der Waals surface area contributed by atoms with Crippen molar-refractivity contribution in [1.82, 2.24) is 29.2 Å². The third-order valence-electron chi connectivity index (χ3n) is 8.04. The van der Waals surface area contributed by atoms with Gasteiger partial charge in [0.05, 0.1) is 0 Å². The molecular formula is C30H40N8O2. The molecule has 0 aliphatic carbocycles. The first-order valence-corrected chi connectivity index (χ1v) is 14.3. The van der Waals surface area contributed by atoms with Crippen molar-refractivity contribution >= 4 is 34.3 Å². The lowest BCUT2D eigenvalue weighted by Gasteiger charge is -2.41. The topological polar surface area (TPSA) is 89.8 Å². The molecule has 212 valence electrons. The van der Waals surface area contributed by atoms with Gasteiger partial charge in [-0.15, -0.1) is 0 Å². The van der Waals surface area contributed by atoms with Crippen LogP contribution in [0.4, 0.5) is 17.3 Å². The molecule has 2 saturated heterocycles. The Morgan fingerprint density at radius 3 is 2.55 bits per heavy atom. The van der Waals surface area contributed by atoms with Crippen molar-refractivity contribution in [3.05, 3.63) is 65.6 Å². The van der Waals surface area contributed by atoms with E-state index in [-0.39, 0.29) is 17.5 Å². The molecule has 0 bridgehead atoms. The van der Waals surface area contributed by atoms with Gasteiger partial charge in [-0.25, -0.2) is 4.98 Å².